The predicted molar refractivity (Wildman–Crippen MR) is 68.1 cm³/mol. The van der Waals surface area contributed by atoms with E-state index in [9.17, 15) is 14.9 Å². The summed E-state index contributed by atoms with van der Waals surface area (Å²) < 4.78 is 5.39. The van der Waals surface area contributed by atoms with Crippen molar-refractivity contribution in [2.45, 2.75) is 26.2 Å². The van der Waals surface area contributed by atoms with Gasteiger partial charge in [-0.25, -0.2) is 0 Å². The fourth-order valence-electron chi connectivity index (χ4n) is 1.38. The van der Waals surface area contributed by atoms with Gasteiger partial charge in [0.05, 0.1) is 16.6 Å². The summed E-state index contributed by atoms with van der Waals surface area (Å²) in [5, 5.41) is 10.7. The molecule has 0 N–H and O–H groups in total. The standard InChI is InChI=1S/C12H14ClNO4/c1-9(15)4-2-3-7-18-12-6-5-10(14(16)17)8-11(12)13/h5-6,8H,2-4,7H2,1H3. The number of non-ortho nitro benzene ring substituents is 1. The number of hydrogen-bond acceptors (Lipinski definition) is 4. The summed E-state index contributed by atoms with van der Waals surface area (Å²) in [6, 6.07) is 4.08. The highest BCUT2D eigenvalue weighted by Gasteiger charge is 2.09. The van der Waals surface area contributed by atoms with Gasteiger partial charge in [-0.2, -0.15) is 0 Å². The van der Waals surface area contributed by atoms with Crippen molar-refractivity contribution in [3.8, 4) is 5.75 Å². The number of nitro benzene ring substituents is 1. The Labute approximate surface area is 110 Å². The highest BCUT2D eigenvalue weighted by atomic mass is 35.5. The molecule has 98 valence electrons. The Kier molecular flexibility index (Phi) is 5.58. The number of nitro groups is 1. The Morgan fingerprint density at radius 3 is 2.72 bits per heavy atom. The van der Waals surface area contributed by atoms with Crippen LogP contribution in [0.4, 0.5) is 5.69 Å². The molecule has 0 saturated carbocycles. The SMILES string of the molecule is CC(=O)CCCCOc1ccc([N+](=O)[O-])cc1Cl. The maximum atomic E-state index is 10.7. The van der Waals surface area contributed by atoms with Crippen LogP contribution in [0.3, 0.4) is 0 Å². The average molecular weight is 272 g/mol. The topological polar surface area (TPSA) is 69.4 Å². The molecule has 5 nitrogen and oxygen atoms in total. The molecule has 0 spiro atoms. The van der Waals surface area contributed by atoms with Crippen LogP contribution < -0.4 is 4.74 Å². The molecular formula is C12H14ClNO4. The summed E-state index contributed by atoms with van der Waals surface area (Å²) in [7, 11) is 0. The van der Waals surface area contributed by atoms with Crippen LogP contribution in [-0.4, -0.2) is 17.3 Å². The predicted octanol–water partition coefficient (Wildman–Crippen LogP) is 3.39. The zero-order chi connectivity index (χ0) is 13.5. The molecule has 6 heteroatoms. The number of halogens is 1. The molecule has 0 saturated heterocycles. The van der Waals surface area contributed by atoms with Crippen molar-refractivity contribution < 1.29 is 14.5 Å². The summed E-state index contributed by atoms with van der Waals surface area (Å²) in [6.07, 6.45) is 2.05. The number of hydrogen-bond donors (Lipinski definition) is 0. The molecule has 0 unspecified atom stereocenters. The van der Waals surface area contributed by atoms with E-state index in [0.29, 0.717) is 18.8 Å². The maximum Gasteiger partial charge on any atom is 0.271 e. The van der Waals surface area contributed by atoms with Gasteiger partial charge < -0.3 is 9.53 Å². The van der Waals surface area contributed by atoms with E-state index in [1.807, 2.05) is 0 Å². The van der Waals surface area contributed by atoms with Crippen molar-refractivity contribution in [2.75, 3.05) is 6.61 Å². The van der Waals surface area contributed by atoms with E-state index in [4.69, 9.17) is 16.3 Å². The monoisotopic (exact) mass is 271 g/mol. The van der Waals surface area contributed by atoms with Gasteiger partial charge in [-0.3, -0.25) is 10.1 Å². The van der Waals surface area contributed by atoms with Gasteiger partial charge >= 0.3 is 0 Å². The molecule has 0 fully saturated rings. The minimum absolute atomic E-state index is 0.0658. The highest BCUT2D eigenvalue weighted by Crippen LogP contribution is 2.28. The lowest BCUT2D eigenvalue weighted by molar-refractivity contribution is -0.384. The molecule has 18 heavy (non-hydrogen) atoms. The second kappa shape index (κ2) is 6.96. The lowest BCUT2D eigenvalue weighted by Gasteiger charge is -2.07. The van der Waals surface area contributed by atoms with Crippen LogP contribution in [0, 0.1) is 10.1 Å². The number of nitrogens with zero attached hydrogens (tertiary/aromatic N) is 1. The van der Waals surface area contributed by atoms with Crippen LogP contribution in [0.25, 0.3) is 0 Å². The normalized spacial score (nSPS) is 10.1. The van der Waals surface area contributed by atoms with Gasteiger partial charge in [0, 0.05) is 18.6 Å². The van der Waals surface area contributed by atoms with E-state index >= 15 is 0 Å². The Morgan fingerprint density at radius 1 is 1.44 bits per heavy atom. The van der Waals surface area contributed by atoms with Crippen LogP contribution in [0.15, 0.2) is 18.2 Å². The van der Waals surface area contributed by atoms with Gasteiger partial charge in [-0.05, 0) is 25.8 Å². The number of unbranched alkanes of at least 4 members (excludes halogenated alkanes) is 1. The number of Topliss-reactive ketones (excluding diaryl/α,β-unsaturated/α-hetero) is 1. The molecule has 0 bridgehead atoms. The number of rotatable bonds is 7. The third-order valence-corrected chi connectivity index (χ3v) is 2.60. The molecule has 0 heterocycles. The first-order chi connectivity index (χ1) is 8.50. The van der Waals surface area contributed by atoms with E-state index in [0.717, 1.165) is 12.8 Å². The summed E-state index contributed by atoms with van der Waals surface area (Å²) in [6.45, 7) is 1.98. The van der Waals surface area contributed by atoms with Crippen LogP contribution in [0.1, 0.15) is 26.2 Å². The molecule has 1 aromatic carbocycles. The van der Waals surface area contributed by atoms with Crippen LogP contribution in [0.5, 0.6) is 5.75 Å². The van der Waals surface area contributed by atoms with Crippen molar-refractivity contribution in [1.29, 1.82) is 0 Å². The summed E-state index contributed by atoms with van der Waals surface area (Å²) in [5.74, 6) is 0.577. The first-order valence-electron chi connectivity index (χ1n) is 5.57. The molecule has 0 aliphatic heterocycles. The highest BCUT2D eigenvalue weighted by molar-refractivity contribution is 6.32. The third kappa shape index (κ3) is 4.71. The minimum atomic E-state index is -0.511. The van der Waals surface area contributed by atoms with Crippen molar-refractivity contribution in [1.82, 2.24) is 0 Å². The largest absolute Gasteiger partial charge is 0.492 e. The van der Waals surface area contributed by atoms with Gasteiger partial charge in [0.15, 0.2) is 0 Å². The Balaban J connectivity index is 2.43. The fraction of sp³-hybridized carbons (Fsp3) is 0.417. The molecular weight excluding hydrogens is 258 g/mol. The Bertz CT molecular complexity index is 448. The lowest BCUT2D eigenvalue weighted by Crippen LogP contribution is -2.00. The van der Waals surface area contributed by atoms with Crippen molar-refractivity contribution in [3.05, 3.63) is 33.3 Å². The number of ketones is 1. The maximum absolute atomic E-state index is 10.7. The zero-order valence-corrected chi connectivity index (χ0v) is 10.8. The number of carbonyl (C=O) groups excluding carboxylic acids is 1. The fourth-order valence-corrected chi connectivity index (χ4v) is 1.61. The molecule has 1 rings (SSSR count). The molecule has 0 atom stereocenters. The number of benzene rings is 1. The van der Waals surface area contributed by atoms with E-state index in [-0.39, 0.29) is 16.5 Å². The second-order valence-corrected chi connectivity index (χ2v) is 4.29. The Hall–Kier alpha value is -1.62. The quantitative estimate of drug-likeness (QED) is 0.433. The van der Waals surface area contributed by atoms with E-state index in [1.165, 1.54) is 18.2 Å². The van der Waals surface area contributed by atoms with E-state index in [1.54, 1.807) is 6.92 Å². The molecule has 0 amide bonds. The molecule has 0 aromatic heterocycles. The van der Waals surface area contributed by atoms with Crippen LogP contribution in [0.2, 0.25) is 5.02 Å². The van der Waals surface area contributed by atoms with Crippen molar-refractivity contribution in [3.63, 3.8) is 0 Å². The molecule has 0 aliphatic rings. The second-order valence-electron chi connectivity index (χ2n) is 3.88. The van der Waals surface area contributed by atoms with Gasteiger partial charge in [-0.15, -0.1) is 0 Å². The van der Waals surface area contributed by atoms with Crippen LogP contribution >= 0.6 is 11.6 Å². The molecule has 0 radical (unpaired) electrons. The molecule has 1 aromatic rings. The van der Waals surface area contributed by atoms with Crippen molar-refractivity contribution >= 4 is 23.1 Å². The van der Waals surface area contributed by atoms with E-state index in [2.05, 4.69) is 0 Å². The molecule has 0 aliphatic carbocycles. The van der Waals surface area contributed by atoms with Gasteiger partial charge in [-0.1, -0.05) is 11.6 Å². The van der Waals surface area contributed by atoms with Crippen LogP contribution in [-0.2, 0) is 4.79 Å². The van der Waals surface area contributed by atoms with Gasteiger partial charge in [0.1, 0.15) is 11.5 Å². The lowest BCUT2D eigenvalue weighted by atomic mass is 10.2. The summed E-state index contributed by atoms with van der Waals surface area (Å²) >= 11 is 5.85. The number of ether oxygens (including phenoxy) is 1. The van der Waals surface area contributed by atoms with Gasteiger partial charge in [0.25, 0.3) is 5.69 Å². The first kappa shape index (κ1) is 14.4. The minimum Gasteiger partial charge on any atom is -0.492 e. The Morgan fingerprint density at radius 2 is 2.17 bits per heavy atom. The van der Waals surface area contributed by atoms with Gasteiger partial charge in [0.2, 0.25) is 0 Å². The third-order valence-electron chi connectivity index (χ3n) is 2.31. The van der Waals surface area contributed by atoms with E-state index < -0.39 is 4.92 Å². The van der Waals surface area contributed by atoms with Crippen molar-refractivity contribution in [2.24, 2.45) is 0 Å². The first-order valence-corrected chi connectivity index (χ1v) is 5.94. The zero-order valence-electron chi connectivity index (χ0n) is 10.0. The smallest absolute Gasteiger partial charge is 0.271 e. The average Bonchev–Trinajstić information content (AvgIpc) is 2.29. The summed E-state index contributed by atoms with van der Waals surface area (Å²) in [5.41, 5.74) is -0.0658. The summed E-state index contributed by atoms with van der Waals surface area (Å²) in [4.78, 5) is 20.7. The number of carbonyl (C=O) groups is 1.